The molecule has 1 amide bonds. The largest absolute Gasteiger partial charge is 0.329 e. The first-order valence-corrected chi connectivity index (χ1v) is 10.5. The fraction of sp³-hybridized carbons (Fsp3) is 0.211. The summed E-state index contributed by atoms with van der Waals surface area (Å²) in [7, 11) is 1.94. The van der Waals surface area contributed by atoms with Crippen LogP contribution in [0.15, 0.2) is 36.7 Å². The second kappa shape index (κ2) is 7.63. The van der Waals surface area contributed by atoms with Gasteiger partial charge in [-0.1, -0.05) is 22.9 Å². The summed E-state index contributed by atoms with van der Waals surface area (Å²) in [5, 5.41) is 21.4. The minimum Gasteiger partial charge on any atom is -0.329 e. The summed E-state index contributed by atoms with van der Waals surface area (Å²) in [6.07, 6.45) is 3.38. The number of aromatic amines is 1. The van der Waals surface area contributed by atoms with Crippen molar-refractivity contribution in [2.24, 2.45) is 0 Å². The Balaban J connectivity index is 1.39. The zero-order chi connectivity index (χ0) is 20.7. The maximum absolute atomic E-state index is 12.4. The first-order chi connectivity index (χ1) is 14.6. The molecule has 4 heterocycles. The molecule has 30 heavy (non-hydrogen) atoms. The molecule has 3 aromatic heterocycles. The molecular weight excluding hydrogens is 424 g/mol. The van der Waals surface area contributed by atoms with Gasteiger partial charge in [-0.15, -0.1) is 10.2 Å². The van der Waals surface area contributed by atoms with Gasteiger partial charge in [-0.25, -0.2) is 4.98 Å². The highest BCUT2D eigenvalue weighted by atomic mass is 35.5. The molecule has 0 bridgehead atoms. The topological polar surface area (TPSA) is 103 Å². The number of piperazine rings is 1. The number of amides is 1. The third-order valence-corrected chi connectivity index (χ3v) is 6.20. The van der Waals surface area contributed by atoms with Gasteiger partial charge in [0.1, 0.15) is 10.8 Å². The Labute approximate surface area is 180 Å². The van der Waals surface area contributed by atoms with E-state index < -0.39 is 0 Å². The number of hydrogen-bond acceptors (Lipinski definition) is 8. The minimum absolute atomic E-state index is 0.0392. The van der Waals surface area contributed by atoms with Crippen molar-refractivity contribution in [1.29, 1.82) is 0 Å². The summed E-state index contributed by atoms with van der Waals surface area (Å²) in [5.41, 5.74) is 2.45. The van der Waals surface area contributed by atoms with Crippen LogP contribution in [0.1, 0.15) is 0 Å². The molecule has 5 rings (SSSR count). The van der Waals surface area contributed by atoms with Gasteiger partial charge in [0, 0.05) is 30.2 Å². The number of benzene rings is 1. The lowest BCUT2D eigenvalue weighted by atomic mass is 10.2. The van der Waals surface area contributed by atoms with Crippen LogP contribution in [0.3, 0.4) is 0 Å². The third kappa shape index (κ3) is 3.49. The Morgan fingerprint density at radius 2 is 2.13 bits per heavy atom. The Morgan fingerprint density at radius 3 is 3.00 bits per heavy atom. The molecule has 0 spiro atoms. The molecule has 2 N–H and O–H groups in total. The van der Waals surface area contributed by atoms with Gasteiger partial charge < -0.3 is 5.32 Å². The van der Waals surface area contributed by atoms with Gasteiger partial charge in [0.15, 0.2) is 0 Å². The number of hydrogen-bond donors (Lipinski definition) is 2. The number of aromatic nitrogens is 5. The number of halogens is 1. The number of anilines is 3. The zero-order valence-electron chi connectivity index (χ0n) is 16.0. The van der Waals surface area contributed by atoms with E-state index in [1.165, 1.54) is 11.3 Å². The molecule has 11 heteroatoms. The Hall–Kier alpha value is -3.08. The van der Waals surface area contributed by atoms with Crippen LogP contribution in [-0.4, -0.2) is 62.9 Å². The third-order valence-electron chi connectivity index (χ3n) is 4.91. The van der Waals surface area contributed by atoms with Crippen molar-refractivity contribution < 1.29 is 4.79 Å². The number of H-pyrrole nitrogens is 1. The van der Waals surface area contributed by atoms with Gasteiger partial charge in [-0.05, 0) is 31.3 Å². The lowest BCUT2D eigenvalue weighted by Gasteiger charge is -2.31. The predicted molar refractivity (Wildman–Crippen MR) is 117 cm³/mol. The number of carbonyl (C=O) groups is 1. The summed E-state index contributed by atoms with van der Waals surface area (Å²) in [4.78, 5) is 20.4. The molecule has 0 atom stereocenters. The summed E-state index contributed by atoms with van der Waals surface area (Å²) in [5.74, 6) is 0.668. The fourth-order valence-electron chi connectivity index (χ4n) is 3.32. The van der Waals surface area contributed by atoms with E-state index in [0.29, 0.717) is 29.1 Å². The van der Waals surface area contributed by atoms with Crippen LogP contribution in [0.5, 0.6) is 0 Å². The van der Waals surface area contributed by atoms with Crippen molar-refractivity contribution in [3.05, 3.63) is 41.7 Å². The van der Waals surface area contributed by atoms with Crippen molar-refractivity contribution in [2.75, 3.05) is 36.9 Å². The maximum atomic E-state index is 12.4. The molecule has 0 saturated carbocycles. The molecule has 0 radical (unpaired) electrons. The van der Waals surface area contributed by atoms with E-state index in [2.05, 4.69) is 30.7 Å². The summed E-state index contributed by atoms with van der Waals surface area (Å²) in [6, 6.07) is 7.50. The summed E-state index contributed by atoms with van der Waals surface area (Å²) >= 11 is 7.87. The SMILES string of the molecule is CN1CCN(c2cc(-c3nnc(Nc4ccc5[nH]ncc5c4Cl)s3)ccn2)C(=O)C1. The van der Waals surface area contributed by atoms with Crippen LogP contribution < -0.4 is 10.2 Å². The Morgan fingerprint density at radius 1 is 1.23 bits per heavy atom. The van der Waals surface area contributed by atoms with Crippen LogP contribution in [-0.2, 0) is 4.79 Å². The van der Waals surface area contributed by atoms with Gasteiger partial charge in [-0.2, -0.15) is 5.10 Å². The summed E-state index contributed by atoms with van der Waals surface area (Å²) < 4.78 is 0. The Kier molecular flexibility index (Phi) is 4.81. The molecule has 0 aliphatic carbocycles. The molecular formula is C19H17ClN8OS. The van der Waals surface area contributed by atoms with Crippen LogP contribution in [0.2, 0.25) is 5.02 Å². The highest BCUT2D eigenvalue weighted by Crippen LogP contribution is 2.34. The van der Waals surface area contributed by atoms with Crippen molar-refractivity contribution >= 4 is 56.4 Å². The van der Waals surface area contributed by atoms with E-state index >= 15 is 0 Å². The molecule has 1 aliphatic heterocycles. The van der Waals surface area contributed by atoms with Gasteiger partial charge >= 0.3 is 0 Å². The van der Waals surface area contributed by atoms with Gasteiger partial charge in [-0.3, -0.25) is 19.7 Å². The molecule has 9 nitrogen and oxygen atoms in total. The van der Waals surface area contributed by atoms with E-state index in [1.807, 2.05) is 36.2 Å². The molecule has 1 saturated heterocycles. The summed E-state index contributed by atoms with van der Waals surface area (Å²) in [6.45, 7) is 1.82. The zero-order valence-corrected chi connectivity index (χ0v) is 17.5. The average Bonchev–Trinajstić information content (AvgIpc) is 3.40. The molecule has 4 aromatic rings. The van der Waals surface area contributed by atoms with Crippen molar-refractivity contribution in [2.45, 2.75) is 0 Å². The molecule has 1 fully saturated rings. The quantitative estimate of drug-likeness (QED) is 0.502. The van der Waals surface area contributed by atoms with Crippen LogP contribution in [0.25, 0.3) is 21.5 Å². The van der Waals surface area contributed by atoms with E-state index in [4.69, 9.17) is 11.6 Å². The standard InChI is InChI=1S/C19H17ClN8OS/c1-27-6-7-28(16(29)10-27)15-8-11(4-5-21-15)18-25-26-19(30-18)23-14-3-2-13-12(17(14)20)9-22-24-13/h2-5,8-9H,6-7,10H2,1H3,(H,22,24)(H,23,26). The maximum Gasteiger partial charge on any atom is 0.242 e. The number of nitrogens with zero attached hydrogens (tertiary/aromatic N) is 6. The van der Waals surface area contributed by atoms with Crippen LogP contribution >= 0.6 is 22.9 Å². The van der Waals surface area contributed by atoms with Gasteiger partial charge in [0.05, 0.1) is 29.0 Å². The predicted octanol–water partition coefficient (Wildman–Crippen LogP) is 3.15. The smallest absolute Gasteiger partial charge is 0.242 e. The monoisotopic (exact) mass is 440 g/mol. The number of likely N-dealkylation sites (N-methyl/N-ethyl adjacent to an activating group) is 1. The molecule has 0 unspecified atom stereocenters. The first kappa shape index (κ1) is 18.9. The highest BCUT2D eigenvalue weighted by Gasteiger charge is 2.24. The van der Waals surface area contributed by atoms with Crippen molar-refractivity contribution in [3.8, 4) is 10.6 Å². The van der Waals surface area contributed by atoms with Crippen molar-refractivity contribution in [3.63, 3.8) is 0 Å². The van der Waals surface area contributed by atoms with Gasteiger partial charge in [0.2, 0.25) is 11.0 Å². The van der Waals surface area contributed by atoms with E-state index in [0.717, 1.165) is 33.7 Å². The average molecular weight is 441 g/mol. The van der Waals surface area contributed by atoms with E-state index in [-0.39, 0.29) is 5.91 Å². The highest BCUT2D eigenvalue weighted by molar-refractivity contribution is 7.18. The van der Waals surface area contributed by atoms with Crippen LogP contribution in [0, 0.1) is 0 Å². The number of fused-ring (bicyclic) bond motifs is 1. The van der Waals surface area contributed by atoms with E-state index in [1.54, 1.807) is 17.3 Å². The van der Waals surface area contributed by atoms with Gasteiger partial charge in [0.25, 0.3) is 0 Å². The second-order valence-corrected chi connectivity index (χ2v) is 8.34. The van der Waals surface area contributed by atoms with Crippen LogP contribution in [0.4, 0.5) is 16.6 Å². The number of pyridine rings is 1. The minimum atomic E-state index is 0.0392. The fourth-order valence-corrected chi connectivity index (χ4v) is 4.33. The number of rotatable bonds is 4. The molecule has 1 aromatic carbocycles. The lowest BCUT2D eigenvalue weighted by molar-refractivity contribution is -0.120. The normalized spacial score (nSPS) is 15.1. The molecule has 1 aliphatic rings. The second-order valence-electron chi connectivity index (χ2n) is 6.98. The number of carbonyl (C=O) groups excluding carboxylic acids is 1. The number of nitrogens with one attached hydrogen (secondary N) is 2. The Bertz CT molecular complexity index is 1240. The molecule has 152 valence electrons. The lowest BCUT2D eigenvalue weighted by Crippen LogP contribution is -2.49. The first-order valence-electron chi connectivity index (χ1n) is 9.26. The van der Waals surface area contributed by atoms with E-state index in [9.17, 15) is 4.79 Å². The van der Waals surface area contributed by atoms with Crippen molar-refractivity contribution in [1.82, 2.24) is 30.3 Å².